The summed E-state index contributed by atoms with van der Waals surface area (Å²) in [6.45, 7) is 10.7. The van der Waals surface area contributed by atoms with E-state index in [0.717, 1.165) is 12.3 Å². The molecule has 0 saturated carbocycles. The molecule has 0 radical (unpaired) electrons. The van der Waals surface area contributed by atoms with Crippen LogP contribution in [0.2, 0.25) is 0 Å². The number of hydrogen-bond donors (Lipinski definition) is 0. The Kier molecular flexibility index (Phi) is 11.6. The standard InChI is InChI=1S/C17H32/c1-5-6-14-17(4)15-12-10-8-7-9-11-13-16(2)3/h9,11,17H,2,5-8,10,12-15H2,1,3-4H3. The lowest BCUT2D eigenvalue weighted by atomic mass is 9.97. The Morgan fingerprint density at radius 2 is 1.76 bits per heavy atom. The molecule has 0 heterocycles. The molecular weight excluding hydrogens is 204 g/mol. The summed E-state index contributed by atoms with van der Waals surface area (Å²) < 4.78 is 0. The molecule has 100 valence electrons. The first-order valence-corrected chi connectivity index (χ1v) is 7.46. The third-order valence-electron chi connectivity index (χ3n) is 3.25. The van der Waals surface area contributed by atoms with Gasteiger partial charge in [0.05, 0.1) is 0 Å². The molecule has 0 amide bonds. The van der Waals surface area contributed by atoms with Crippen LogP contribution >= 0.6 is 0 Å². The van der Waals surface area contributed by atoms with Crippen molar-refractivity contribution in [1.82, 2.24) is 0 Å². The monoisotopic (exact) mass is 236 g/mol. The Morgan fingerprint density at radius 1 is 1.06 bits per heavy atom. The highest BCUT2D eigenvalue weighted by atomic mass is 14.1. The second-order valence-electron chi connectivity index (χ2n) is 5.52. The van der Waals surface area contributed by atoms with Gasteiger partial charge in [-0.05, 0) is 32.1 Å². The summed E-state index contributed by atoms with van der Waals surface area (Å²) in [4.78, 5) is 0. The van der Waals surface area contributed by atoms with Gasteiger partial charge in [-0.3, -0.25) is 0 Å². The maximum Gasteiger partial charge on any atom is -0.0144 e. The van der Waals surface area contributed by atoms with E-state index < -0.39 is 0 Å². The van der Waals surface area contributed by atoms with Crippen LogP contribution in [-0.2, 0) is 0 Å². The number of allylic oxidation sites excluding steroid dienone is 3. The van der Waals surface area contributed by atoms with Gasteiger partial charge in [0.2, 0.25) is 0 Å². The molecule has 0 nitrogen and oxygen atoms in total. The van der Waals surface area contributed by atoms with Gasteiger partial charge in [-0.15, -0.1) is 0 Å². The van der Waals surface area contributed by atoms with E-state index in [1.807, 2.05) is 0 Å². The SMILES string of the molecule is C=C(C)CC=CCCCCCC(C)CCCC. The molecule has 0 aromatic carbocycles. The molecule has 0 heteroatoms. The first-order chi connectivity index (χ1) is 8.16. The molecule has 17 heavy (non-hydrogen) atoms. The molecule has 0 rings (SSSR count). The fraction of sp³-hybridized carbons (Fsp3) is 0.765. The zero-order chi connectivity index (χ0) is 12.9. The van der Waals surface area contributed by atoms with Crippen LogP contribution in [-0.4, -0.2) is 0 Å². The van der Waals surface area contributed by atoms with E-state index >= 15 is 0 Å². The summed E-state index contributed by atoms with van der Waals surface area (Å²) >= 11 is 0. The molecule has 0 aliphatic carbocycles. The molecule has 0 aliphatic heterocycles. The highest BCUT2D eigenvalue weighted by molar-refractivity contribution is 4.98. The molecule has 0 aliphatic rings. The van der Waals surface area contributed by atoms with Crippen LogP contribution in [0.1, 0.15) is 78.6 Å². The minimum atomic E-state index is 0.939. The molecule has 0 bridgehead atoms. The number of unbranched alkanes of at least 4 members (excludes halogenated alkanes) is 4. The molecule has 0 spiro atoms. The smallest absolute Gasteiger partial charge is 0.0144 e. The number of rotatable bonds is 11. The van der Waals surface area contributed by atoms with Crippen LogP contribution in [0.5, 0.6) is 0 Å². The van der Waals surface area contributed by atoms with Gasteiger partial charge >= 0.3 is 0 Å². The Bertz CT molecular complexity index is 200. The topological polar surface area (TPSA) is 0 Å². The van der Waals surface area contributed by atoms with E-state index in [2.05, 4.69) is 39.5 Å². The lowest BCUT2D eigenvalue weighted by molar-refractivity contribution is 0.446. The molecule has 1 unspecified atom stereocenters. The summed E-state index contributed by atoms with van der Waals surface area (Å²) in [5.41, 5.74) is 1.26. The maximum absolute atomic E-state index is 3.89. The molecule has 0 aromatic heterocycles. The summed E-state index contributed by atoms with van der Waals surface area (Å²) in [6, 6.07) is 0. The van der Waals surface area contributed by atoms with E-state index in [9.17, 15) is 0 Å². The Hall–Kier alpha value is -0.520. The van der Waals surface area contributed by atoms with Crippen LogP contribution < -0.4 is 0 Å². The fourth-order valence-electron chi connectivity index (χ4n) is 2.03. The van der Waals surface area contributed by atoms with Crippen LogP contribution in [0.3, 0.4) is 0 Å². The van der Waals surface area contributed by atoms with E-state index in [1.54, 1.807) is 0 Å². The van der Waals surface area contributed by atoms with E-state index in [1.165, 1.54) is 56.9 Å². The second-order valence-corrected chi connectivity index (χ2v) is 5.52. The van der Waals surface area contributed by atoms with Gasteiger partial charge in [0.15, 0.2) is 0 Å². The average molecular weight is 236 g/mol. The quantitative estimate of drug-likeness (QED) is 0.292. The predicted octanol–water partition coefficient (Wildman–Crippen LogP) is 6.29. The minimum Gasteiger partial charge on any atom is -0.0998 e. The van der Waals surface area contributed by atoms with Gasteiger partial charge in [-0.2, -0.15) is 0 Å². The van der Waals surface area contributed by atoms with Crippen LogP contribution in [0, 0.1) is 5.92 Å². The van der Waals surface area contributed by atoms with Crippen LogP contribution in [0.25, 0.3) is 0 Å². The van der Waals surface area contributed by atoms with E-state index in [0.29, 0.717) is 0 Å². The molecule has 0 N–H and O–H groups in total. The molecular formula is C17H32. The average Bonchev–Trinajstić information content (AvgIpc) is 2.29. The summed E-state index contributed by atoms with van der Waals surface area (Å²) in [6.07, 6.45) is 16.6. The first-order valence-electron chi connectivity index (χ1n) is 7.46. The zero-order valence-electron chi connectivity index (χ0n) is 12.3. The summed E-state index contributed by atoms with van der Waals surface area (Å²) in [5, 5.41) is 0. The van der Waals surface area contributed by atoms with E-state index in [-0.39, 0.29) is 0 Å². The summed E-state index contributed by atoms with van der Waals surface area (Å²) in [7, 11) is 0. The maximum atomic E-state index is 3.89. The third-order valence-corrected chi connectivity index (χ3v) is 3.25. The van der Waals surface area contributed by atoms with Crippen LogP contribution in [0.15, 0.2) is 24.3 Å². The highest BCUT2D eigenvalue weighted by Crippen LogP contribution is 2.16. The normalized spacial score (nSPS) is 13.1. The van der Waals surface area contributed by atoms with Crippen molar-refractivity contribution in [1.29, 1.82) is 0 Å². The lowest BCUT2D eigenvalue weighted by Gasteiger charge is -2.09. The van der Waals surface area contributed by atoms with E-state index in [4.69, 9.17) is 0 Å². The molecule has 0 fully saturated rings. The van der Waals surface area contributed by atoms with Gasteiger partial charge in [0.1, 0.15) is 0 Å². The van der Waals surface area contributed by atoms with Gasteiger partial charge < -0.3 is 0 Å². The van der Waals surface area contributed by atoms with Crippen LogP contribution in [0.4, 0.5) is 0 Å². The minimum absolute atomic E-state index is 0.939. The van der Waals surface area contributed by atoms with Gasteiger partial charge in [-0.25, -0.2) is 0 Å². The van der Waals surface area contributed by atoms with Crippen molar-refractivity contribution in [2.45, 2.75) is 78.6 Å². The predicted molar refractivity (Wildman–Crippen MR) is 80.3 cm³/mol. The van der Waals surface area contributed by atoms with Crippen molar-refractivity contribution in [3.8, 4) is 0 Å². The lowest BCUT2D eigenvalue weighted by Crippen LogP contribution is -1.94. The second kappa shape index (κ2) is 12.0. The Morgan fingerprint density at radius 3 is 2.41 bits per heavy atom. The van der Waals surface area contributed by atoms with Gasteiger partial charge in [0, 0.05) is 0 Å². The Balaban J connectivity index is 3.23. The zero-order valence-corrected chi connectivity index (χ0v) is 12.3. The number of hydrogen-bond acceptors (Lipinski definition) is 0. The van der Waals surface area contributed by atoms with Crippen molar-refractivity contribution in [3.63, 3.8) is 0 Å². The van der Waals surface area contributed by atoms with Crippen molar-refractivity contribution in [2.75, 3.05) is 0 Å². The van der Waals surface area contributed by atoms with Gasteiger partial charge in [0.25, 0.3) is 0 Å². The molecule has 0 aromatic rings. The largest absolute Gasteiger partial charge is 0.0998 e. The highest BCUT2D eigenvalue weighted by Gasteiger charge is 2.00. The molecule has 1 atom stereocenters. The van der Waals surface area contributed by atoms with Gasteiger partial charge in [-0.1, -0.05) is 76.7 Å². The Labute approximate surface area is 109 Å². The summed E-state index contributed by atoms with van der Waals surface area (Å²) in [5.74, 6) is 0.939. The molecule has 0 saturated heterocycles. The van der Waals surface area contributed by atoms with Crippen molar-refractivity contribution in [2.24, 2.45) is 5.92 Å². The third kappa shape index (κ3) is 13.4. The van der Waals surface area contributed by atoms with Crippen molar-refractivity contribution < 1.29 is 0 Å². The first kappa shape index (κ1) is 16.5. The fourth-order valence-corrected chi connectivity index (χ4v) is 2.03. The van der Waals surface area contributed by atoms with Crippen molar-refractivity contribution >= 4 is 0 Å². The van der Waals surface area contributed by atoms with Crippen molar-refractivity contribution in [3.05, 3.63) is 24.3 Å².